The van der Waals surface area contributed by atoms with Crippen LogP contribution in [-0.2, 0) is 4.79 Å². The molecule has 4 heteroatoms. The Morgan fingerprint density at radius 1 is 1.11 bits per heavy atom. The number of para-hydroxylation sites is 1. The fourth-order valence-corrected chi connectivity index (χ4v) is 3.29. The molecule has 0 unspecified atom stereocenters. The number of anilines is 1. The zero-order valence-electron chi connectivity index (χ0n) is 11.1. The van der Waals surface area contributed by atoms with Crippen molar-refractivity contribution in [1.82, 2.24) is 0 Å². The van der Waals surface area contributed by atoms with Gasteiger partial charge in [-0.1, -0.05) is 31.3 Å². The van der Waals surface area contributed by atoms with Crippen LogP contribution in [0.4, 0.5) is 5.69 Å². The lowest BCUT2D eigenvalue weighted by Gasteiger charge is -2.25. The van der Waals surface area contributed by atoms with Gasteiger partial charge in [0, 0.05) is 12.1 Å². The van der Waals surface area contributed by atoms with Crippen molar-refractivity contribution in [1.29, 1.82) is 0 Å². The summed E-state index contributed by atoms with van der Waals surface area (Å²) in [4.78, 5) is 11.8. The molecule has 0 heterocycles. The Morgan fingerprint density at radius 3 is 2.39 bits per heavy atom. The largest absolute Gasteiger partial charge is 0.298 e. The summed E-state index contributed by atoms with van der Waals surface area (Å²) >= 11 is 0. The molecule has 1 saturated carbocycles. The molecule has 96 valence electrons. The zero-order chi connectivity index (χ0) is 13.0. The molecule has 0 atom stereocenters. The maximum Gasteiger partial charge on any atom is 0.178 e. The van der Waals surface area contributed by atoms with Crippen molar-refractivity contribution in [3.63, 3.8) is 0 Å². The van der Waals surface area contributed by atoms with Crippen LogP contribution in [0.1, 0.15) is 25.7 Å². The molecule has 1 aliphatic rings. The first-order valence-electron chi connectivity index (χ1n) is 6.63. The van der Waals surface area contributed by atoms with Crippen LogP contribution in [0.3, 0.4) is 0 Å². The summed E-state index contributed by atoms with van der Waals surface area (Å²) in [5, 5.41) is 4.65. The Hall–Kier alpha value is -1.42. The Morgan fingerprint density at radius 2 is 1.78 bits per heavy atom. The summed E-state index contributed by atoms with van der Waals surface area (Å²) < 4.78 is 2.08. The molecule has 0 radical (unpaired) electrons. The maximum atomic E-state index is 11.8. The van der Waals surface area contributed by atoms with E-state index in [1.165, 1.54) is 0 Å². The van der Waals surface area contributed by atoms with Gasteiger partial charge in [-0.25, -0.2) is 0 Å². The summed E-state index contributed by atoms with van der Waals surface area (Å²) in [6, 6.07) is 10.2. The first kappa shape index (κ1) is 13.0. The SMILES string of the molecule is C[SiH](C)N(N=C1CCCCC1=O)c1ccccc1. The molecule has 1 aromatic carbocycles. The Labute approximate surface area is 110 Å². The second-order valence-electron chi connectivity index (χ2n) is 4.95. The van der Waals surface area contributed by atoms with E-state index < -0.39 is 8.96 Å². The molecule has 0 aliphatic heterocycles. The fourth-order valence-electron chi connectivity index (χ4n) is 2.15. The number of nitrogens with zero attached hydrogens (tertiary/aromatic N) is 2. The lowest BCUT2D eigenvalue weighted by atomic mass is 9.97. The highest BCUT2D eigenvalue weighted by molar-refractivity contribution is 6.60. The molecule has 2 rings (SSSR count). The van der Waals surface area contributed by atoms with Gasteiger partial charge in [0.25, 0.3) is 0 Å². The van der Waals surface area contributed by atoms with Crippen molar-refractivity contribution in [3.05, 3.63) is 30.3 Å². The molecular formula is C14H20N2OSi. The highest BCUT2D eigenvalue weighted by Crippen LogP contribution is 2.18. The number of Topliss-reactive ketones (excluding diaryl/α,β-unsaturated/α-hetero) is 1. The minimum Gasteiger partial charge on any atom is -0.298 e. The molecular weight excluding hydrogens is 240 g/mol. The summed E-state index contributed by atoms with van der Waals surface area (Å²) in [6.45, 7) is 4.45. The van der Waals surface area contributed by atoms with Crippen molar-refractivity contribution in [2.24, 2.45) is 5.10 Å². The van der Waals surface area contributed by atoms with E-state index in [0.717, 1.165) is 30.7 Å². The quantitative estimate of drug-likeness (QED) is 0.618. The highest BCUT2D eigenvalue weighted by Gasteiger charge is 2.19. The monoisotopic (exact) mass is 260 g/mol. The van der Waals surface area contributed by atoms with E-state index in [-0.39, 0.29) is 5.78 Å². The van der Waals surface area contributed by atoms with E-state index in [1.807, 2.05) is 18.2 Å². The number of carbonyl (C=O) groups is 1. The Kier molecular flexibility index (Phi) is 4.31. The average molecular weight is 260 g/mol. The predicted octanol–water partition coefficient (Wildman–Crippen LogP) is 2.98. The van der Waals surface area contributed by atoms with Gasteiger partial charge in [-0.15, -0.1) is 0 Å². The number of ketones is 1. The van der Waals surface area contributed by atoms with Crippen molar-refractivity contribution in [2.75, 3.05) is 4.67 Å². The molecule has 1 fully saturated rings. The van der Waals surface area contributed by atoms with Gasteiger partial charge in [0.05, 0.1) is 0 Å². The van der Waals surface area contributed by atoms with Crippen LogP contribution < -0.4 is 4.67 Å². The molecule has 0 aromatic heterocycles. The number of benzene rings is 1. The third kappa shape index (κ3) is 3.07. The van der Waals surface area contributed by atoms with E-state index in [9.17, 15) is 4.79 Å². The second kappa shape index (κ2) is 5.95. The van der Waals surface area contributed by atoms with Crippen LogP contribution in [0.15, 0.2) is 35.4 Å². The number of hydrogen-bond donors (Lipinski definition) is 0. The van der Waals surface area contributed by atoms with E-state index in [4.69, 9.17) is 0 Å². The first-order valence-corrected chi connectivity index (χ1v) is 9.46. The minimum atomic E-state index is -1.12. The van der Waals surface area contributed by atoms with Gasteiger partial charge in [0.1, 0.15) is 5.71 Å². The Balaban J connectivity index is 2.26. The molecule has 0 spiro atoms. The number of carbonyl (C=O) groups excluding carboxylic acids is 1. The van der Waals surface area contributed by atoms with Gasteiger partial charge in [0.2, 0.25) is 0 Å². The lowest BCUT2D eigenvalue weighted by Crippen LogP contribution is -2.33. The normalized spacial score (nSPS) is 18.4. The zero-order valence-corrected chi connectivity index (χ0v) is 12.2. The summed E-state index contributed by atoms with van der Waals surface area (Å²) in [5.74, 6) is 0.233. The van der Waals surface area contributed by atoms with Crippen LogP contribution in [0.5, 0.6) is 0 Å². The standard InChI is InChI=1S/C14H20N2OSi/c1-18(2)16(12-8-4-3-5-9-12)15-13-10-6-7-11-14(13)17/h3-5,8-9,18H,6-7,10-11H2,1-2H3. The van der Waals surface area contributed by atoms with Crippen molar-refractivity contribution in [3.8, 4) is 0 Å². The van der Waals surface area contributed by atoms with Crippen molar-refractivity contribution >= 4 is 26.1 Å². The summed E-state index contributed by atoms with van der Waals surface area (Å²) in [5.41, 5.74) is 1.87. The third-order valence-electron chi connectivity index (χ3n) is 3.13. The van der Waals surface area contributed by atoms with Gasteiger partial charge in [-0.2, -0.15) is 5.10 Å². The van der Waals surface area contributed by atoms with E-state index >= 15 is 0 Å². The molecule has 3 nitrogen and oxygen atoms in total. The molecule has 0 amide bonds. The Bertz CT molecular complexity index is 442. The molecule has 1 aliphatic carbocycles. The minimum absolute atomic E-state index is 0.233. The van der Waals surface area contributed by atoms with Crippen LogP contribution in [-0.4, -0.2) is 20.5 Å². The summed E-state index contributed by atoms with van der Waals surface area (Å²) in [6.07, 6.45) is 3.61. The lowest BCUT2D eigenvalue weighted by molar-refractivity contribution is -0.113. The smallest absolute Gasteiger partial charge is 0.178 e. The molecule has 18 heavy (non-hydrogen) atoms. The van der Waals surface area contributed by atoms with Crippen molar-refractivity contribution in [2.45, 2.75) is 38.8 Å². The predicted molar refractivity (Wildman–Crippen MR) is 78.7 cm³/mol. The third-order valence-corrected chi connectivity index (χ3v) is 4.52. The van der Waals surface area contributed by atoms with Crippen LogP contribution >= 0.6 is 0 Å². The molecule has 1 aromatic rings. The molecule has 0 bridgehead atoms. The van der Waals surface area contributed by atoms with Crippen LogP contribution in [0.25, 0.3) is 0 Å². The van der Waals surface area contributed by atoms with Gasteiger partial charge < -0.3 is 0 Å². The second-order valence-corrected chi connectivity index (χ2v) is 7.63. The fraction of sp³-hybridized carbons (Fsp3) is 0.429. The highest BCUT2D eigenvalue weighted by atomic mass is 28.3. The number of hydrogen-bond acceptors (Lipinski definition) is 3. The van der Waals surface area contributed by atoms with Gasteiger partial charge in [-0.05, 0) is 31.4 Å². The summed E-state index contributed by atoms with van der Waals surface area (Å²) in [7, 11) is -1.12. The van der Waals surface area contributed by atoms with Gasteiger partial charge >= 0.3 is 0 Å². The first-order chi connectivity index (χ1) is 8.68. The van der Waals surface area contributed by atoms with E-state index in [1.54, 1.807) is 0 Å². The van der Waals surface area contributed by atoms with E-state index in [0.29, 0.717) is 6.42 Å². The van der Waals surface area contributed by atoms with Gasteiger partial charge in [-0.3, -0.25) is 9.47 Å². The van der Waals surface area contributed by atoms with Crippen molar-refractivity contribution < 1.29 is 4.79 Å². The number of hydrazone groups is 1. The topological polar surface area (TPSA) is 32.7 Å². The van der Waals surface area contributed by atoms with Crippen LogP contribution in [0.2, 0.25) is 13.1 Å². The van der Waals surface area contributed by atoms with Gasteiger partial charge in [0.15, 0.2) is 14.7 Å². The van der Waals surface area contributed by atoms with Crippen LogP contribution in [0, 0.1) is 0 Å². The van der Waals surface area contributed by atoms with E-state index in [2.05, 4.69) is 35.0 Å². The maximum absolute atomic E-state index is 11.8. The molecule has 0 saturated heterocycles. The number of rotatable bonds is 3. The average Bonchev–Trinajstić information content (AvgIpc) is 2.38. The molecule has 0 N–H and O–H groups in total.